The van der Waals surface area contributed by atoms with Crippen molar-refractivity contribution in [2.45, 2.75) is 26.2 Å². The van der Waals surface area contributed by atoms with E-state index in [1.807, 2.05) is 62.4 Å². The average Bonchev–Trinajstić information content (AvgIpc) is 2.63. The zero-order valence-electron chi connectivity index (χ0n) is 14.7. The molecule has 0 fully saturated rings. The van der Waals surface area contributed by atoms with Crippen LogP contribution in [-0.4, -0.2) is 15.9 Å². The van der Waals surface area contributed by atoms with Crippen molar-refractivity contribution in [2.75, 3.05) is 5.32 Å². The monoisotopic (exact) mass is 345 g/mol. The minimum Gasteiger partial charge on any atom is -0.310 e. The van der Waals surface area contributed by atoms with Crippen LogP contribution in [0.4, 0.5) is 5.82 Å². The molecular formula is C21H19N3O2. The number of hydrogen-bond acceptors (Lipinski definition) is 3. The summed E-state index contributed by atoms with van der Waals surface area (Å²) in [6.07, 6.45) is 0.243. The molecule has 26 heavy (non-hydrogen) atoms. The summed E-state index contributed by atoms with van der Waals surface area (Å²) in [5.41, 5.74) is 4.28. The van der Waals surface area contributed by atoms with Crippen LogP contribution in [0.25, 0.3) is 11.4 Å². The Balaban J connectivity index is 1.90. The first kappa shape index (κ1) is 16.3. The zero-order valence-corrected chi connectivity index (χ0v) is 14.7. The number of H-pyrrole nitrogens is 1. The maximum Gasteiger partial charge on any atom is 0.257 e. The molecule has 3 aromatic rings. The first-order valence-corrected chi connectivity index (χ1v) is 8.59. The average molecular weight is 345 g/mol. The van der Waals surface area contributed by atoms with Crippen molar-refractivity contribution in [3.8, 4) is 11.4 Å². The van der Waals surface area contributed by atoms with E-state index in [-0.39, 0.29) is 23.8 Å². The predicted octanol–water partition coefficient (Wildman–Crippen LogP) is 3.53. The molecule has 1 aromatic heterocycles. The molecule has 1 aliphatic heterocycles. The number of rotatable bonds is 2. The molecule has 1 amide bonds. The smallest absolute Gasteiger partial charge is 0.257 e. The lowest BCUT2D eigenvalue weighted by Crippen LogP contribution is -2.31. The Hall–Kier alpha value is -3.21. The van der Waals surface area contributed by atoms with Gasteiger partial charge < -0.3 is 10.3 Å². The summed E-state index contributed by atoms with van der Waals surface area (Å²) >= 11 is 0. The quantitative estimate of drug-likeness (QED) is 0.746. The number of aryl methyl sites for hydroxylation is 2. The number of aromatic nitrogens is 2. The number of nitrogens with one attached hydrogen (secondary N) is 2. The summed E-state index contributed by atoms with van der Waals surface area (Å²) in [4.78, 5) is 32.6. The molecule has 2 heterocycles. The lowest BCUT2D eigenvalue weighted by atomic mass is 9.84. The fraction of sp³-hybridized carbons (Fsp3) is 0.190. The van der Waals surface area contributed by atoms with E-state index >= 15 is 0 Å². The van der Waals surface area contributed by atoms with Gasteiger partial charge in [0.15, 0.2) is 0 Å². The molecular weight excluding hydrogens is 326 g/mol. The maximum absolute atomic E-state index is 12.9. The highest BCUT2D eigenvalue weighted by Crippen LogP contribution is 2.36. The first-order chi connectivity index (χ1) is 12.5. The zero-order chi connectivity index (χ0) is 18.3. The molecule has 2 N–H and O–H groups in total. The Labute approximate surface area is 151 Å². The first-order valence-electron chi connectivity index (χ1n) is 8.59. The summed E-state index contributed by atoms with van der Waals surface area (Å²) in [5, 5.41) is 2.77. The summed E-state index contributed by atoms with van der Waals surface area (Å²) in [7, 11) is 0. The number of hydrogen-bond donors (Lipinski definition) is 2. The van der Waals surface area contributed by atoms with Crippen molar-refractivity contribution in [2.24, 2.45) is 0 Å². The molecule has 5 heteroatoms. The molecule has 0 radical (unpaired) electrons. The number of amides is 1. The number of fused-ring (bicyclic) bond motifs is 1. The molecule has 130 valence electrons. The second kappa shape index (κ2) is 6.26. The normalized spacial score (nSPS) is 16.1. The molecule has 0 saturated carbocycles. The topological polar surface area (TPSA) is 74.8 Å². The van der Waals surface area contributed by atoms with E-state index in [1.165, 1.54) is 0 Å². The number of benzene rings is 2. The molecule has 4 rings (SSSR count). The predicted molar refractivity (Wildman–Crippen MR) is 101 cm³/mol. The summed E-state index contributed by atoms with van der Waals surface area (Å²) in [5.74, 6) is 0.395. The molecule has 0 spiro atoms. The SMILES string of the molecule is Cc1ccc(C)c(C2CC(=O)Nc3nc(-c4ccccc4)[nH]c(=O)c32)c1. The molecule has 1 aliphatic rings. The number of carbonyl (C=O) groups is 1. The Morgan fingerprint density at radius 1 is 1.04 bits per heavy atom. The Morgan fingerprint density at radius 2 is 1.81 bits per heavy atom. The third kappa shape index (κ3) is 2.81. The third-order valence-electron chi connectivity index (χ3n) is 4.81. The standard InChI is InChI=1S/C21H19N3O2/c1-12-8-9-13(2)15(10-12)16-11-17(25)22-20-18(16)21(26)24-19(23-20)14-6-4-3-5-7-14/h3-10,16H,11H2,1-2H3,(H2,22,23,24,25,26). The molecule has 1 unspecified atom stereocenters. The van der Waals surface area contributed by atoms with Crippen LogP contribution in [0.15, 0.2) is 53.3 Å². The van der Waals surface area contributed by atoms with Crippen LogP contribution in [0.3, 0.4) is 0 Å². The van der Waals surface area contributed by atoms with Gasteiger partial charge in [-0.05, 0) is 25.0 Å². The van der Waals surface area contributed by atoms with Gasteiger partial charge >= 0.3 is 0 Å². The highest BCUT2D eigenvalue weighted by molar-refractivity contribution is 5.94. The van der Waals surface area contributed by atoms with Crippen molar-refractivity contribution < 1.29 is 4.79 Å². The molecule has 2 aromatic carbocycles. The van der Waals surface area contributed by atoms with Crippen LogP contribution >= 0.6 is 0 Å². The molecule has 0 saturated heterocycles. The van der Waals surface area contributed by atoms with E-state index in [9.17, 15) is 9.59 Å². The minimum atomic E-state index is -0.292. The van der Waals surface area contributed by atoms with Crippen LogP contribution in [0.2, 0.25) is 0 Å². The van der Waals surface area contributed by atoms with E-state index < -0.39 is 0 Å². The van der Waals surface area contributed by atoms with Crippen molar-refractivity contribution in [1.29, 1.82) is 0 Å². The van der Waals surface area contributed by atoms with Gasteiger partial charge in [0.25, 0.3) is 5.56 Å². The van der Waals surface area contributed by atoms with Gasteiger partial charge in [0.1, 0.15) is 11.6 Å². The maximum atomic E-state index is 12.9. The number of aromatic amines is 1. The fourth-order valence-corrected chi connectivity index (χ4v) is 3.51. The van der Waals surface area contributed by atoms with Gasteiger partial charge in [-0.15, -0.1) is 0 Å². The van der Waals surface area contributed by atoms with Crippen LogP contribution in [0, 0.1) is 13.8 Å². The van der Waals surface area contributed by atoms with E-state index in [4.69, 9.17) is 0 Å². The van der Waals surface area contributed by atoms with E-state index in [2.05, 4.69) is 15.3 Å². The van der Waals surface area contributed by atoms with Crippen molar-refractivity contribution in [3.63, 3.8) is 0 Å². The van der Waals surface area contributed by atoms with Gasteiger partial charge in [0.05, 0.1) is 5.56 Å². The highest BCUT2D eigenvalue weighted by atomic mass is 16.2. The van der Waals surface area contributed by atoms with Crippen LogP contribution in [0.5, 0.6) is 0 Å². The number of anilines is 1. The Morgan fingerprint density at radius 3 is 2.58 bits per heavy atom. The third-order valence-corrected chi connectivity index (χ3v) is 4.81. The van der Waals surface area contributed by atoms with Gasteiger partial charge in [-0.1, -0.05) is 54.1 Å². The van der Waals surface area contributed by atoms with Gasteiger partial charge in [-0.25, -0.2) is 4.98 Å². The van der Waals surface area contributed by atoms with Crippen molar-refractivity contribution in [1.82, 2.24) is 9.97 Å². The summed E-state index contributed by atoms with van der Waals surface area (Å²) in [6.45, 7) is 4.01. The van der Waals surface area contributed by atoms with E-state index in [0.29, 0.717) is 17.2 Å². The number of carbonyl (C=O) groups excluding carboxylic acids is 1. The lowest BCUT2D eigenvalue weighted by molar-refractivity contribution is -0.116. The van der Waals surface area contributed by atoms with Gasteiger partial charge in [-0.2, -0.15) is 0 Å². The van der Waals surface area contributed by atoms with Crippen molar-refractivity contribution >= 4 is 11.7 Å². The van der Waals surface area contributed by atoms with Crippen LogP contribution in [-0.2, 0) is 4.79 Å². The van der Waals surface area contributed by atoms with Gasteiger partial charge in [-0.3, -0.25) is 9.59 Å². The molecule has 1 atom stereocenters. The Bertz CT molecular complexity index is 1050. The second-order valence-electron chi connectivity index (χ2n) is 6.71. The lowest BCUT2D eigenvalue weighted by Gasteiger charge is -2.26. The largest absolute Gasteiger partial charge is 0.310 e. The van der Waals surface area contributed by atoms with Crippen molar-refractivity contribution in [3.05, 3.63) is 81.1 Å². The number of nitrogens with zero attached hydrogens (tertiary/aromatic N) is 1. The van der Waals surface area contributed by atoms with E-state index in [1.54, 1.807) is 0 Å². The molecule has 5 nitrogen and oxygen atoms in total. The van der Waals surface area contributed by atoms with E-state index in [0.717, 1.165) is 22.3 Å². The Kier molecular flexibility index (Phi) is 3.92. The van der Waals surface area contributed by atoms with Gasteiger partial charge in [0.2, 0.25) is 5.91 Å². The molecule has 0 aliphatic carbocycles. The summed E-state index contributed by atoms with van der Waals surface area (Å²) < 4.78 is 0. The fourth-order valence-electron chi connectivity index (χ4n) is 3.51. The minimum absolute atomic E-state index is 0.125. The van der Waals surface area contributed by atoms with Crippen LogP contribution < -0.4 is 10.9 Å². The summed E-state index contributed by atoms with van der Waals surface area (Å²) in [6, 6.07) is 15.5. The second-order valence-corrected chi connectivity index (χ2v) is 6.71. The van der Waals surface area contributed by atoms with Gasteiger partial charge in [0, 0.05) is 17.9 Å². The van der Waals surface area contributed by atoms with Crippen LogP contribution in [0.1, 0.15) is 34.6 Å². The highest BCUT2D eigenvalue weighted by Gasteiger charge is 2.31. The molecule has 0 bridgehead atoms.